The lowest BCUT2D eigenvalue weighted by Crippen LogP contribution is -2.35. The summed E-state index contributed by atoms with van der Waals surface area (Å²) in [5.41, 5.74) is 0.973. The molecule has 2 amide bonds. The molecule has 1 aliphatic rings. The second-order valence-corrected chi connectivity index (χ2v) is 9.37. The van der Waals surface area contributed by atoms with Crippen molar-refractivity contribution < 1.29 is 32.2 Å². The quantitative estimate of drug-likeness (QED) is 0.619. The number of nitrogens with one attached hydrogen (secondary N) is 2. The molecule has 172 valence electrons. The van der Waals surface area contributed by atoms with Crippen LogP contribution in [0.5, 0.6) is 17.2 Å². The highest BCUT2D eigenvalue weighted by Crippen LogP contribution is 2.37. The summed E-state index contributed by atoms with van der Waals surface area (Å²) in [5.74, 6) is -0.0142. The van der Waals surface area contributed by atoms with Gasteiger partial charge in [0, 0.05) is 25.2 Å². The molecule has 0 radical (unpaired) electrons. The second kappa shape index (κ2) is 9.23. The van der Waals surface area contributed by atoms with E-state index in [0.29, 0.717) is 17.0 Å². The van der Waals surface area contributed by atoms with Gasteiger partial charge in [-0.05, 0) is 18.6 Å². The molecule has 0 spiro atoms. The zero-order valence-electron chi connectivity index (χ0n) is 17.8. The first-order valence-electron chi connectivity index (χ1n) is 9.31. The van der Waals surface area contributed by atoms with Crippen LogP contribution in [-0.2, 0) is 19.6 Å². The van der Waals surface area contributed by atoms with Crippen molar-refractivity contribution in [3.05, 3.63) is 34.9 Å². The number of methoxy groups -OCH3 is 2. The van der Waals surface area contributed by atoms with Gasteiger partial charge in [0.25, 0.3) is 5.91 Å². The molecule has 12 heteroatoms. The second-order valence-electron chi connectivity index (χ2n) is 6.95. The summed E-state index contributed by atoms with van der Waals surface area (Å²) in [6, 6.07) is 5.87. The van der Waals surface area contributed by atoms with Gasteiger partial charge in [-0.25, -0.2) is 8.42 Å². The van der Waals surface area contributed by atoms with Gasteiger partial charge in [-0.1, -0.05) is 11.6 Å². The van der Waals surface area contributed by atoms with Crippen LogP contribution in [0.15, 0.2) is 29.2 Å². The number of carbonyl (C=O) groups is 2. The molecule has 32 heavy (non-hydrogen) atoms. The van der Waals surface area contributed by atoms with Crippen LogP contribution in [0.2, 0.25) is 5.02 Å². The molecule has 2 aromatic carbocycles. The van der Waals surface area contributed by atoms with E-state index in [-0.39, 0.29) is 39.6 Å². The lowest BCUT2D eigenvalue weighted by atomic mass is 10.2. The van der Waals surface area contributed by atoms with Crippen molar-refractivity contribution in [1.29, 1.82) is 0 Å². The van der Waals surface area contributed by atoms with E-state index in [4.69, 9.17) is 25.8 Å². The van der Waals surface area contributed by atoms with Crippen LogP contribution >= 0.6 is 11.6 Å². The van der Waals surface area contributed by atoms with E-state index in [2.05, 4.69) is 10.6 Å². The van der Waals surface area contributed by atoms with Gasteiger partial charge in [0.05, 0.1) is 36.4 Å². The maximum absolute atomic E-state index is 13.1. The maximum Gasteiger partial charge on any atom is 0.262 e. The molecule has 0 aromatic heterocycles. The number of anilines is 2. The minimum absolute atomic E-state index is 0.0391. The van der Waals surface area contributed by atoms with Crippen LogP contribution in [0.4, 0.5) is 11.4 Å². The molecule has 2 N–H and O–H groups in total. The number of nitrogens with zero attached hydrogens (tertiary/aromatic N) is 1. The van der Waals surface area contributed by atoms with E-state index in [0.717, 1.165) is 4.31 Å². The van der Waals surface area contributed by atoms with Gasteiger partial charge in [-0.2, -0.15) is 4.31 Å². The Kier molecular flexibility index (Phi) is 6.82. The minimum atomic E-state index is -4.04. The number of hydrogen-bond donors (Lipinski definition) is 2. The van der Waals surface area contributed by atoms with Gasteiger partial charge in [-0.3, -0.25) is 9.59 Å². The zero-order valence-corrected chi connectivity index (χ0v) is 19.4. The fraction of sp³-hybridized carbons (Fsp3) is 0.300. The predicted octanol–water partition coefficient (Wildman–Crippen LogP) is 2.26. The topological polar surface area (TPSA) is 123 Å². The fourth-order valence-electron chi connectivity index (χ4n) is 3.09. The molecule has 0 fully saturated rings. The average Bonchev–Trinajstić information content (AvgIpc) is 2.74. The number of likely N-dealkylation sites (N-methyl/N-ethyl adjacent to an activating group) is 1. The molecule has 0 bridgehead atoms. The van der Waals surface area contributed by atoms with Crippen LogP contribution in [0.1, 0.15) is 5.56 Å². The Morgan fingerprint density at radius 3 is 2.62 bits per heavy atom. The van der Waals surface area contributed by atoms with Gasteiger partial charge in [0.1, 0.15) is 22.9 Å². The van der Waals surface area contributed by atoms with Crippen LogP contribution in [0, 0.1) is 6.92 Å². The summed E-state index contributed by atoms with van der Waals surface area (Å²) < 4.78 is 42.8. The number of benzene rings is 2. The van der Waals surface area contributed by atoms with Crippen molar-refractivity contribution in [2.75, 3.05) is 45.1 Å². The van der Waals surface area contributed by atoms with E-state index < -0.39 is 22.5 Å². The largest absolute Gasteiger partial charge is 0.497 e. The minimum Gasteiger partial charge on any atom is -0.497 e. The van der Waals surface area contributed by atoms with Crippen LogP contribution < -0.4 is 24.8 Å². The first-order valence-corrected chi connectivity index (χ1v) is 11.1. The SMILES string of the molecule is COc1cc(Cl)c(NC(=O)CN(C)S(=O)(=O)c2cc3c(cc2C)NC(=O)CO3)c(OC)c1. The molecule has 3 rings (SSSR count). The Morgan fingerprint density at radius 1 is 1.25 bits per heavy atom. The summed E-state index contributed by atoms with van der Waals surface area (Å²) >= 11 is 6.21. The summed E-state index contributed by atoms with van der Waals surface area (Å²) in [6.45, 7) is 0.893. The Hall–Kier alpha value is -3.02. The summed E-state index contributed by atoms with van der Waals surface area (Å²) in [4.78, 5) is 24.0. The Morgan fingerprint density at radius 2 is 1.97 bits per heavy atom. The molecular weight excluding hydrogens is 462 g/mol. The number of ether oxygens (including phenoxy) is 3. The molecule has 2 aromatic rings. The summed E-state index contributed by atoms with van der Waals surface area (Å²) in [7, 11) is 0.103. The predicted molar refractivity (Wildman–Crippen MR) is 118 cm³/mol. The first-order chi connectivity index (χ1) is 15.1. The third-order valence-electron chi connectivity index (χ3n) is 4.71. The van der Waals surface area contributed by atoms with Crippen molar-refractivity contribution in [3.63, 3.8) is 0 Å². The number of fused-ring (bicyclic) bond motifs is 1. The number of halogens is 1. The van der Waals surface area contributed by atoms with Crippen molar-refractivity contribution in [1.82, 2.24) is 4.31 Å². The number of rotatable bonds is 7. The molecule has 0 aliphatic carbocycles. The van der Waals surface area contributed by atoms with E-state index in [9.17, 15) is 18.0 Å². The lowest BCUT2D eigenvalue weighted by molar-refractivity contribution is -0.118. The van der Waals surface area contributed by atoms with Gasteiger partial charge in [0.15, 0.2) is 6.61 Å². The number of amides is 2. The monoisotopic (exact) mass is 483 g/mol. The lowest BCUT2D eigenvalue weighted by Gasteiger charge is -2.22. The van der Waals surface area contributed by atoms with Crippen molar-refractivity contribution in [2.45, 2.75) is 11.8 Å². The smallest absolute Gasteiger partial charge is 0.262 e. The van der Waals surface area contributed by atoms with E-state index in [1.54, 1.807) is 6.92 Å². The molecule has 0 saturated carbocycles. The fourth-order valence-corrected chi connectivity index (χ4v) is 4.68. The molecule has 1 heterocycles. The van der Waals surface area contributed by atoms with Crippen LogP contribution in [-0.4, -0.2) is 59.0 Å². The van der Waals surface area contributed by atoms with Gasteiger partial charge >= 0.3 is 0 Å². The summed E-state index contributed by atoms with van der Waals surface area (Å²) in [5, 5.41) is 5.37. The third-order valence-corrected chi connectivity index (χ3v) is 6.96. The van der Waals surface area contributed by atoms with E-state index in [1.807, 2.05) is 0 Å². The van der Waals surface area contributed by atoms with Crippen LogP contribution in [0.3, 0.4) is 0 Å². The van der Waals surface area contributed by atoms with Gasteiger partial charge in [0.2, 0.25) is 15.9 Å². The molecule has 0 saturated heterocycles. The Balaban J connectivity index is 1.81. The van der Waals surface area contributed by atoms with E-state index in [1.165, 1.54) is 45.5 Å². The molecule has 1 aliphatic heterocycles. The van der Waals surface area contributed by atoms with Gasteiger partial charge < -0.3 is 24.8 Å². The van der Waals surface area contributed by atoms with E-state index >= 15 is 0 Å². The average molecular weight is 484 g/mol. The summed E-state index contributed by atoms with van der Waals surface area (Å²) in [6.07, 6.45) is 0. The third kappa shape index (κ3) is 4.74. The van der Waals surface area contributed by atoms with Crippen molar-refractivity contribution >= 4 is 44.8 Å². The molecule has 0 unspecified atom stereocenters. The normalized spacial score (nSPS) is 13.1. The standard InChI is InChI=1S/C20H22ClN3O7S/c1-11-5-14-15(31-10-19(26)22-14)8-17(11)32(27,28)24(2)9-18(25)23-20-13(21)6-12(29-3)7-16(20)30-4/h5-8H,9-10H2,1-4H3,(H,22,26)(H,23,25). The number of sulfonamides is 1. The van der Waals surface area contributed by atoms with Crippen molar-refractivity contribution in [2.24, 2.45) is 0 Å². The number of carbonyl (C=O) groups excluding carboxylic acids is 2. The highest BCUT2D eigenvalue weighted by molar-refractivity contribution is 7.89. The number of aryl methyl sites for hydroxylation is 1. The molecular formula is C20H22ClN3O7S. The highest BCUT2D eigenvalue weighted by Gasteiger charge is 2.28. The van der Waals surface area contributed by atoms with Crippen molar-refractivity contribution in [3.8, 4) is 17.2 Å². The molecule has 0 atom stereocenters. The maximum atomic E-state index is 13.1. The number of hydrogen-bond acceptors (Lipinski definition) is 7. The first kappa shape index (κ1) is 23.6. The van der Waals surface area contributed by atoms with Crippen LogP contribution in [0.25, 0.3) is 0 Å². The Bertz CT molecular complexity index is 1180. The van der Waals surface area contributed by atoms with Gasteiger partial charge in [-0.15, -0.1) is 0 Å². The zero-order chi connectivity index (χ0) is 23.6. The molecule has 10 nitrogen and oxygen atoms in total. The Labute approximate surface area is 190 Å². The highest BCUT2D eigenvalue weighted by atomic mass is 35.5.